The Labute approximate surface area is 230 Å². The maximum atomic E-state index is 12.2. The zero-order chi connectivity index (χ0) is 26.8. The van der Waals surface area contributed by atoms with Gasteiger partial charge in [-0.25, -0.2) is 0 Å². The number of aliphatic hydroxyl groups is 1. The van der Waals surface area contributed by atoms with Crippen LogP contribution < -0.4 is 14.2 Å². The number of ether oxygens (including phenoxy) is 4. The van der Waals surface area contributed by atoms with E-state index in [9.17, 15) is 9.90 Å². The molecule has 0 spiro atoms. The molecular weight excluding hydrogens is 508 g/mol. The predicted octanol–water partition coefficient (Wildman–Crippen LogP) is 4.16. The third kappa shape index (κ3) is 8.50. The summed E-state index contributed by atoms with van der Waals surface area (Å²) in [5.41, 5.74) is -0.0925. The van der Waals surface area contributed by atoms with Crippen LogP contribution in [0.2, 0.25) is 5.02 Å². The molecule has 4 rings (SSSR count). The van der Waals surface area contributed by atoms with Crippen LogP contribution in [0, 0.1) is 0 Å². The van der Waals surface area contributed by atoms with Crippen molar-refractivity contribution < 1.29 is 28.8 Å². The zero-order valence-electron chi connectivity index (χ0n) is 22.2. The van der Waals surface area contributed by atoms with Crippen LogP contribution in [0.25, 0.3) is 0 Å². The van der Waals surface area contributed by atoms with Crippen molar-refractivity contribution in [2.45, 2.75) is 44.2 Å². The summed E-state index contributed by atoms with van der Waals surface area (Å²) >= 11 is 5.95. The maximum absolute atomic E-state index is 12.2. The summed E-state index contributed by atoms with van der Waals surface area (Å²) < 4.78 is 23.1. The molecule has 2 aromatic carbocycles. The Morgan fingerprint density at radius 1 is 1.05 bits per heavy atom. The van der Waals surface area contributed by atoms with Crippen LogP contribution in [0.5, 0.6) is 17.2 Å². The summed E-state index contributed by atoms with van der Waals surface area (Å²) in [6.45, 7) is 4.67. The van der Waals surface area contributed by atoms with Crippen molar-refractivity contribution in [3.8, 4) is 17.2 Å². The van der Waals surface area contributed by atoms with Gasteiger partial charge in [0.2, 0.25) is 5.91 Å². The lowest BCUT2D eigenvalue weighted by molar-refractivity contribution is -0.130. The molecule has 9 heteroatoms. The second kappa shape index (κ2) is 14.0. The van der Waals surface area contributed by atoms with E-state index in [1.54, 1.807) is 31.4 Å². The van der Waals surface area contributed by atoms with E-state index in [-0.39, 0.29) is 19.1 Å². The molecule has 0 aromatic heterocycles. The van der Waals surface area contributed by atoms with Gasteiger partial charge in [0.25, 0.3) is 0 Å². The molecular formula is C29H39ClN2O6. The second-order valence-corrected chi connectivity index (χ2v) is 10.5. The smallest absolute Gasteiger partial charge is 0.222 e. The number of hydrogen-bond donors (Lipinski definition) is 1. The van der Waals surface area contributed by atoms with Crippen molar-refractivity contribution in [1.29, 1.82) is 0 Å². The topological polar surface area (TPSA) is 80.7 Å². The third-order valence-electron chi connectivity index (χ3n) is 6.90. The molecule has 0 unspecified atom stereocenters. The number of halogens is 1. The highest BCUT2D eigenvalue weighted by atomic mass is 35.5. The van der Waals surface area contributed by atoms with E-state index >= 15 is 0 Å². The molecule has 0 radical (unpaired) electrons. The highest BCUT2D eigenvalue weighted by molar-refractivity contribution is 6.30. The molecule has 1 atom stereocenters. The minimum atomic E-state index is -1.14. The Morgan fingerprint density at radius 2 is 1.89 bits per heavy atom. The first-order chi connectivity index (χ1) is 18.4. The highest BCUT2D eigenvalue weighted by Gasteiger charge is 2.33. The average molecular weight is 547 g/mol. The minimum absolute atomic E-state index is 0.115. The molecule has 2 fully saturated rings. The Kier molecular flexibility index (Phi) is 10.5. The lowest BCUT2D eigenvalue weighted by Crippen LogP contribution is -2.48. The SMILES string of the molecule is COc1cc(CN2CCOC[C@](O)(COc3ccc(Cl)cc3)C2)ccc1OCCCN1CCCCCC1=O. The van der Waals surface area contributed by atoms with Crippen molar-refractivity contribution in [1.82, 2.24) is 9.80 Å². The number of carbonyl (C=O) groups is 1. The van der Waals surface area contributed by atoms with Gasteiger partial charge < -0.3 is 29.0 Å². The maximum Gasteiger partial charge on any atom is 0.222 e. The quantitative estimate of drug-likeness (QED) is 0.424. The van der Waals surface area contributed by atoms with Crippen LogP contribution in [-0.4, -0.2) is 86.1 Å². The summed E-state index contributed by atoms with van der Waals surface area (Å²) in [5, 5.41) is 11.9. The first kappa shape index (κ1) is 28.5. The molecule has 2 aliphatic heterocycles. The van der Waals surface area contributed by atoms with Gasteiger partial charge >= 0.3 is 0 Å². The summed E-state index contributed by atoms with van der Waals surface area (Å²) in [7, 11) is 1.63. The zero-order valence-corrected chi connectivity index (χ0v) is 23.0. The predicted molar refractivity (Wildman–Crippen MR) is 146 cm³/mol. The molecule has 2 aromatic rings. The van der Waals surface area contributed by atoms with E-state index in [4.69, 9.17) is 30.5 Å². The van der Waals surface area contributed by atoms with Gasteiger partial charge in [-0.3, -0.25) is 9.69 Å². The van der Waals surface area contributed by atoms with E-state index in [0.717, 1.165) is 44.3 Å². The van der Waals surface area contributed by atoms with Crippen LogP contribution in [0.15, 0.2) is 42.5 Å². The number of carbonyl (C=O) groups excluding carboxylic acids is 1. The van der Waals surface area contributed by atoms with Crippen molar-refractivity contribution in [2.75, 3.05) is 59.7 Å². The molecule has 0 saturated carbocycles. The Bertz CT molecular complexity index is 1040. The number of β-amino-alcohol motifs (C(OH)–C–C–N with tert-alkyl or cyclic N) is 1. The van der Waals surface area contributed by atoms with Crippen molar-refractivity contribution >= 4 is 17.5 Å². The van der Waals surface area contributed by atoms with E-state index in [1.165, 1.54) is 0 Å². The van der Waals surface area contributed by atoms with Gasteiger partial charge in [-0.2, -0.15) is 0 Å². The number of likely N-dealkylation sites (tertiary alicyclic amines) is 1. The van der Waals surface area contributed by atoms with Crippen LogP contribution in [0.4, 0.5) is 0 Å². The van der Waals surface area contributed by atoms with Gasteiger partial charge in [0.1, 0.15) is 18.0 Å². The fraction of sp³-hybridized carbons (Fsp3) is 0.552. The second-order valence-electron chi connectivity index (χ2n) is 10.1. The van der Waals surface area contributed by atoms with Gasteiger partial charge in [-0.1, -0.05) is 24.1 Å². The summed E-state index contributed by atoms with van der Waals surface area (Å²) in [6.07, 6.45) is 4.64. The van der Waals surface area contributed by atoms with E-state index in [1.807, 2.05) is 23.1 Å². The number of hydrogen-bond acceptors (Lipinski definition) is 7. The normalized spacial score (nSPS) is 21.0. The Balaban J connectivity index is 1.29. The molecule has 1 amide bonds. The first-order valence-corrected chi connectivity index (χ1v) is 13.8. The highest BCUT2D eigenvalue weighted by Crippen LogP contribution is 2.29. The number of rotatable bonds is 11. The minimum Gasteiger partial charge on any atom is -0.493 e. The molecule has 0 aliphatic carbocycles. The molecule has 2 aliphatic rings. The molecule has 8 nitrogen and oxygen atoms in total. The van der Waals surface area contributed by atoms with Gasteiger partial charge in [-0.15, -0.1) is 0 Å². The number of amides is 1. The first-order valence-electron chi connectivity index (χ1n) is 13.4. The van der Waals surface area contributed by atoms with Crippen LogP contribution in [0.3, 0.4) is 0 Å². The van der Waals surface area contributed by atoms with Gasteiger partial charge in [0, 0.05) is 44.2 Å². The average Bonchev–Trinajstić information content (AvgIpc) is 3.24. The lowest BCUT2D eigenvalue weighted by atomic mass is 10.1. The van der Waals surface area contributed by atoms with Gasteiger partial charge in [0.15, 0.2) is 11.5 Å². The fourth-order valence-electron chi connectivity index (χ4n) is 4.87. The molecule has 208 valence electrons. The van der Waals surface area contributed by atoms with Crippen LogP contribution in [0.1, 0.15) is 37.7 Å². The van der Waals surface area contributed by atoms with Gasteiger partial charge in [-0.05, 0) is 61.2 Å². The molecule has 38 heavy (non-hydrogen) atoms. The van der Waals surface area contributed by atoms with Crippen molar-refractivity contribution in [3.05, 3.63) is 53.1 Å². The number of methoxy groups -OCH3 is 1. The lowest BCUT2D eigenvalue weighted by Gasteiger charge is -2.30. The van der Waals surface area contributed by atoms with Crippen LogP contribution in [-0.2, 0) is 16.1 Å². The van der Waals surface area contributed by atoms with E-state index in [0.29, 0.717) is 61.5 Å². The molecule has 2 saturated heterocycles. The van der Waals surface area contributed by atoms with Crippen LogP contribution >= 0.6 is 11.6 Å². The van der Waals surface area contributed by atoms with Crippen molar-refractivity contribution in [3.63, 3.8) is 0 Å². The Morgan fingerprint density at radius 3 is 2.71 bits per heavy atom. The standard InChI is InChI=1S/C29H39ClN2O6/c1-35-27-18-23(7-12-26(27)37-16-5-14-32-13-4-2-3-6-28(32)33)19-31-15-17-36-21-29(34,20-31)22-38-25-10-8-24(30)9-11-25/h7-12,18,34H,2-6,13-17,19-22H2,1H3/t29-/m0/s1. The van der Waals surface area contributed by atoms with E-state index in [2.05, 4.69) is 4.90 Å². The monoisotopic (exact) mass is 546 g/mol. The largest absolute Gasteiger partial charge is 0.493 e. The third-order valence-corrected chi connectivity index (χ3v) is 7.15. The number of benzene rings is 2. The summed E-state index contributed by atoms with van der Waals surface area (Å²) in [6, 6.07) is 13.0. The van der Waals surface area contributed by atoms with E-state index < -0.39 is 5.60 Å². The molecule has 1 N–H and O–H groups in total. The fourth-order valence-corrected chi connectivity index (χ4v) is 4.99. The molecule has 0 bridgehead atoms. The molecule has 2 heterocycles. The summed E-state index contributed by atoms with van der Waals surface area (Å²) in [5.74, 6) is 2.26. The summed E-state index contributed by atoms with van der Waals surface area (Å²) in [4.78, 5) is 16.3. The number of nitrogens with zero attached hydrogens (tertiary/aromatic N) is 2. The van der Waals surface area contributed by atoms with Crippen molar-refractivity contribution in [2.24, 2.45) is 0 Å². The van der Waals surface area contributed by atoms with Gasteiger partial charge in [0.05, 0.1) is 26.9 Å². The Hall–Kier alpha value is -2.52.